The van der Waals surface area contributed by atoms with E-state index in [2.05, 4.69) is 5.32 Å². The van der Waals surface area contributed by atoms with Crippen LogP contribution in [0, 0.1) is 0 Å². The highest BCUT2D eigenvalue weighted by Gasteiger charge is 2.42. The summed E-state index contributed by atoms with van der Waals surface area (Å²) in [5.74, 6) is -0.666. The van der Waals surface area contributed by atoms with Crippen LogP contribution in [0.1, 0.15) is 75.3 Å². The van der Waals surface area contributed by atoms with Crippen molar-refractivity contribution in [3.63, 3.8) is 0 Å². The number of Topliss-reactive ketones (excluding diaryl/α,β-unsaturated/α-hetero) is 1. The molecule has 6 nitrogen and oxygen atoms in total. The van der Waals surface area contributed by atoms with Crippen LogP contribution in [0.5, 0.6) is 11.5 Å². The average Bonchev–Trinajstić information content (AvgIpc) is 3.38. The number of aromatic hydroxyl groups is 1. The molecule has 2 aliphatic carbocycles. The van der Waals surface area contributed by atoms with Crippen LogP contribution in [0.4, 0.5) is 0 Å². The quantitative estimate of drug-likeness (QED) is 0.434. The van der Waals surface area contributed by atoms with Gasteiger partial charge in [0.15, 0.2) is 17.3 Å². The second-order valence-electron chi connectivity index (χ2n) is 10.0. The summed E-state index contributed by atoms with van der Waals surface area (Å²) in [7, 11) is 0. The molecule has 0 saturated heterocycles. The Balaban J connectivity index is 1.56. The van der Waals surface area contributed by atoms with Crippen molar-refractivity contribution in [2.75, 3.05) is 6.61 Å². The molecular formula is C30H32ClNO5. The van der Waals surface area contributed by atoms with Gasteiger partial charge in [0.05, 0.1) is 12.2 Å². The molecule has 37 heavy (non-hydrogen) atoms. The Labute approximate surface area is 222 Å². The molecule has 1 heterocycles. The molecule has 0 aromatic heterocycles. The van der Waals surface area contributed by atoms with Crippen molar-refractivity contribution >= 4 is 23.4 Å². The number of ether oxygens (including phenoxy) is 2. The van der Waals surface area contributed by atoms with Gasteiger partial charge in [-0.25, -0.2) is 4.79 Å². The van der Waals surface area contributed by atoms with E-state index >= 15 is 0 Å². The van der Waals surface area contributed by atoms with E-state index in [4.69, 9.17) is 21.1 Å². The highest BCUT2D eigenvalue weighted by atomic mass is 35.5. The maximum absolute atomic E-state index is 13.8. The number of carbonyl (C=O) groups is 2. The minimum Gasteiger partial charge on any atom is -0.504 e. The predicted molar refractivity (Wildman–Crippen MR) is 142 cm³/mol. The predicted octanol–water partition coefficient (Wildman–Crippen LogP) is 6.29. The van der Waals surface area contributed by atoms with Crippen LogP contribution in [-0.2, 0) is 14.3 Å². The Morgan fingerprint density at radius 1 is 1.08 bits per heavy atom. The highest BCUT2D eigenvalue weighted by molar-refractivity contribution is 6.30. The third-order valence-electron chi connectivity index (χ3n) is 7.58. The Bertz CT molecular complexity index is 1270. The number of allylic oxidation sites excluding steroid dienone is 3. The molecule has 0 radical (unpaired) electrons. The van der Waals surface area contributed by atoms with E-state index < -0.39 is 11.9 Å². The Hall–Kier alpha value is -3.25. The van der Waals surface area contributed by atoms with Gasteiger partial charge in [-0.3, -0.25) is 4.79 Å². The van der Waals surface area contributed by atoms with Gasteiger partial charge in [0.1, 0.15) is 6.10 Å². The SMILES string of the molecule is CCOc1cc([C@H]2C(C(=O)OC3CCCC3)=C(C)NC3=C2C(=O)C[C@@H](c2ccc(Cl)cc2)C3)ccc1O. The summed E-state index contributed by atoms with van der Waals surface area (Å²) in [6, 6.07) is 12.7. The largest absolute Gasteiger partial charge is 0.504 e. The zero-order valence-corrected chi connectivity index (χ0v) is 21.9. The summed E-state index contributed by atoms with van der Waals surface area (Å²) in [6.07, 6.45) is 4.69. The number of halogens is 1. The number of phenolic OH excluding ortho intramolecular Hbond substituents is 1. The fraction of sp³-hybridized carbons (Fsp3) is 0.400. The van der Waals surface area contributed by atoms with Crippen LogP contribution < -0.4 is 10.1 Å². The Morgan fingerprint density at radius 2 is 1.78 bits per heavy atom. The van der Waals surface area contributed by atoms with Crippen LogP contribution in [0.25, 0.3) is 0 Å². The van der Waals surface area contributed by atoms with Crippen molar-refractivity contribution in [1.29, 1.82) is 0 Å². The van der Waals surface area contributed by atoms with Crippen LogP contribution in [0.3, 0.4) is 0 Å². The average molecular weight is 522 g/mol. The highest BCUT2D eigenvalue weighted by Crippen LogP contribution is 2.47. The van der Waals surface area contributed by atoms with Gasteiger partial charge in [0.2, 0.25) is 0 Å². The minimum atomic E-state index is -0.608. The number of esters is 1. The van der Waals surface area contributed by atoms with Crippen molar-refractivity contribution < 1.29 is 24.2 Å². The first-order chi connectivity index (χ1) is 17.9. The van der Waals surface area contributed by atoms with E-state index in [0.29, 0.717) is 52.6 Å². The van der Waals surface area contributed by atoms with Gasteiger partial charge < -0.3 is 19.9 Å². The molecule has 7 heteroatoms. The van der Waals surface area contributed by atoms with E-state index in [-0.39, 0.29) is 23.6 Å². The third-order valence-corrected chi connectivity index (χ3v) is 7.83. The lowest BCUT2D eigenvalue weighted by Gasteiger charge is -2.37. The first kappa shape index (κ1) is 25.4. The van der Waals surface area contributed by atoms with Crippen molar-refractivity contribution in [2.45, 2.75) is 70.3 Å². The molecule has 2 atom stereocenters. The van der Waals surface area contributed by atoms with E-state index in [1.54, 1.807) is 18.2 Å². The number of hydrogen-bond acceptors (Lipinski definition) is 6. The molecule has 194 valence electrons. The van der Waals surface area contributed by atoms with Crippen LogP contribution in [-0.4, -0.2) is 29.6 Å². The summed E-state index contributed by atoms with van der Waals surface area (Å²) < 4.78 is 11.6. The molecule has 1 aliphatic heterocycles. The van der Waals surface area contributed by atoms with E-state index in [1.165, 1.54) is 0 Å². The molecule has 1 fully saturated rings. The summed E-state index contributed by atoms with van der Waals surface area (Å²) in [4.78, 5) is 27.4. The number of phenols is 1. The van der Waals surface area contributed by atoms with Gasteiger partial charge in [-0.15, -0.1) is 0 Å². The molecule has 3 aliphatic rings. The maximum atomic E-state index is 13.8. The zero-order chi connectivity index (χ0) is 26.1. The number of hydrogen-bond donors (Lipinski definition) is 2. The number of ketones is 1. The molecular weight excluding hydrogens is 490 g/mol. The van der Waals surface area contributed by atoms with Gasteiger partial charge in [-0.2, -0.15) is 0 Å². The van der Waals surface area contributed by atoms with E-state index in [9.17, 15) is 14.7 Å². The lowest BCUT2D eigenvalue weighted by atomic mass is 9.71. The summed E-state index contributed by atoms with van der Waals surface area (Å²) >= 11 is 6.08. The van der Waals surface area contributed by atoms with Crippen molar-refractivity contribution in [1.82, 2.24) is 5.32 Å². The Morgan fingerprint density at radius 3 is 2.49 bits per heavy atom. The molecule has 1 saturated carbocycles. The Kier molecular flexibility index (Phi) is 7.29. The number of nitrogens with one attached hydrogen (secondary N) is 1. The van der Waals surface area contributed by atoms with Crippen molar-refractivity contribution in [3.8, 4) is 11.5 Å². The van der Waals surface area contributed by atoms with Gasteiger partial charge in [-0.1, -0.05) is 29.8 Å². The molecule has 2 aromatic carbocycles. The maximum Gasteiger partial charge on any atom is 0.337 e. The van der Waals surface area contributed by atoms with E-state index in [0.717, 1.165) is 36.9 Å². The van der Waals surface area contributed by atoms with Crippen molar-refractivity contribution in [3.05, 3.63) is 81.2 Å². The normalized spacial score (nSPS) is 22.1. The molecule has 5 rings (SSSR count). The third kappa shape index (κ3) is 5.12. The summed E-state index contributed by atoms with van der Waals surface area (Å²) in [5.41, 5.74) is 4.30. The summed E-state index contributed by atoms with van der Waals surface area (Å²) in [6.45, 7) is 4.08. The van der Waals surface area contributed by atoms with Gasteiger partial charge in [0.25, 0.3) is 0 Å². The summed E-state index contributed by atoms with van der Waals surface area (Å²) in [5, 5.41) is 14.4. The fourth-order valence-electron chi connectivity index (χ4n) is 5.82. The monoisotopic (exact) mass is 521 g/mol. The molecule has 0 amide bonds. The van der Waals surface area contributed by atoms with Crippen LogP contribution >= 0.6 is 11.6 Å². The zero-order valence-electron chi connectivity index (χ0n) is 21.2. The molecule has 2 aromatic rings. The second-order valence-corrected chi connectivity index (χ2v) is 10.5. The lowest BCUT2D eigenvalue weighted by Crippen LogP contribution is -2.36. The smallest absolute Gasteiger partial charge is 0.337 e. The molecule has 0 unspecified atom stereocenters. The molecule has 0 bridgehead atoms. The van der Waals surface area contributed by atoms with Gasteiger partial charge in [0, 0.05) is 34.3 Å². The first-order valence-electron chi connectivity index (χ1n) is 13.0. The first-order valence-corrected chi connectivity index (χ1v) is 13.4. The standard InChI is InChI=1S/C30H32ClNO5/c1-3-36-26-16-19(10-13-24(26)33)28-27(30(35)37-22-6-4-5-7-22)17(2)32-23-14-20(15-25(34)29(23)28)18-8-11-21(31)12-9-18/h8-13,16,20,22,28,32-33H,3-7,14-15H2,1-2H3/t20-,28-/m0/s1. The topological polar surface area (TPSA) is 84.9 Å². The lowest BCUT2D eigenvalue weighted by molar-refractivity contribution is -0.144. The number of benzene rings is 2. The van der Waals surface area contributed by atoms with Crippen LogP contribution in [0.2, 0.25) is 5.02 Å². The number of dihydropyridines is 1. The van der Waals surface area contributed by atoms with Crippen LogP contribution in [0.15, 0.2) is 65.0 Å². The van der Waals surface area contributed by atoms with Gasteiger partial charge >= 0.3 is 5.97 Å². The molecule has 0 spiro atoms. The molecule has 2 N–H and O–H groups in total. The van der Waals surface area contributed by atoms with E-state index in [1.807, 2.05) is 38.1 Å². The van der Waals surface area contributed by atoms with Crippen molar-refractivity contribution in [2.24, 2.45) is 0 Å². The van der Waals surface area contributed by atoms with Gasteiger partial charge in [-0.05, 0) is 87.3 Å². The fourth-order valence-corrected chi connectivity index (χ4v) is 5.94. The minimum absolute atomic E-state index is 0.00950. The second kappa shape index (κ2) is 10.6. The number of carbonyl (C=O) groups excluding carboxylic acids is 2. The number of rotatable bonds is 6.